The molecule has 104 valence electrons. The van der Waals surface area contributed by atoms with Crippen molar-refractivity contribution >= 4 is 23.1 Å². The maximum atomic E-state index is 10.9. The van der Waals surface area contributed by atoms with E-state index in [9.17, 15) is 10.1 Å². The van der Waals surface area contributed by atoms with Crippen molar-refractivity contribution in [3.8, 4) is 0 Å². The Hall–Kier alpha value is -1.51. The molecule has 1 aromatic rings. The molecular formula is C10H13ClN4O4. The zero-order valence-corrected chi connectivity index (χ0v) is 10.8. The maximum absolute atomic E-state index is 10.9. The van der Waals surface area contributed by atoms with Gasteiger partial charge in [0.05, 0.1) is 11.5 Å². The number of ether oxygens (including phenoxy) is 1. The smallest absolute Gasteiger partial charge is 0.348 e. The Kier molecular flexibility index (Phi) is 4.46. The molecule has 0 bridgehead atoms. The van der Waals surface area contributed by atoms with Gasteiger partial charge in [0.1, 0.15) is 6.10 Å². The van der Waals surface area contributed by atoms with E-state index in [1.165, 1.54) is 0 Å². The van der Waals surface area contributed by atoms with Crippen LogP contribution in [0.25, 0.3) is 0 Å². The van der Waals surface area contributed by atoms with E-state index in [1.54, 1.807) is 0 Å². The molecule has 19 heavy (non-hydrogen) atoms. The van der Waals surface area contributed by atoms with Crippen LogP contribution in [-0.4, -0.2) is 39.8 Å². The highest BCUT2D eigenvalue weighted by molar-refractivity contribution is 6.31. The van der Waals surface area contributed by atoms with Crippen LogP contribution in [0.2, 0.25) is 5.15 Å². The molecule has 8 nitrogen and oxygen atoms in total. The Bertz CT molecular complexity index is 479. The Morgan fingerprint density at radius 2 is 2.37 bits per heavy atom. The normalized spacial score (nSPS) is 18.5. The summed E-state index contributed by atoms with van der Waals surface area (Å²) in [7, 11) is 0. The van der Waals surface area contributed by atoms with Crippen molar-refractivity contribution in [3.05, 3.63) is 21.1 Å². The quantitative estimate of drug-likeness (QED) is 0.477. The molecule has 1 unspecified atom stereocenters. The third kappa shape index (κ3) is 3.09. The first-order valence-electron chi connectivity index (χ1n) is 5.81. The average molecular weight is 289 g/mol. The fourth-order valence-corrected chi connectivity index (χ4v) is 2.07. The number of halogens is 1. The van der Waals surface area contributed by atoms with E-state index in [4.69, 9.17) is 21.4 Å². The molecule has 0 saturated carbocycles. The molecule has 2 heterocycles. The molecule has 9 heteroatoms. The lowest BCUT2D eigenvalue weighted by Crippen LogP contribution is -2.13. The number of aliphatic hydroxyl groups is 1. The van der Waals surface area contributed by atoms with Crippen LogP contribution in [0.1, 0.15) is 24.8 Å². The second kappa shape index (κ2) is 6.09. The molecule has 1 fully saturated rings. The van der Waals surface area contributed by atoms with Crippen LogP contribution in [-0.2, 0) is 4.74 Å². The minimum Gasteiger partial charge on any atom is -0.395 e. The second-order valence-corrected chi connectivity index (χ2v) is 4.34. The number of nitrogens with zero attached hydrogens (tertiary/aromatic N) is 3. The van der Waals surface area contributed by atoms with Gasteiger partial charge >= 0.3 is 5.69 Å². The van der Waals surface area contributed by atoms with Gasteiger partial charge in [0.25, 0.3) is 0 Å². The first-order chi connectivity index (χ1) is 9.13. The van der Waals surface area contributed by atoms with Gasteiger partial charge in [0.15, 0.2) is 5.82 Å². The van der Waals surface area contributed by atoms with Gasteiger partial charge in [-0.05, 0) is 12.8 Å². The molecule has 1 aliphatic heterocycles. The first-order valence-corrected chi connectivity index (χ1v) is 6.19. The molecule has 2 rings (SSSR count). The van der Waals surface area contributed by atoms with Gasteiger partial charge in [-0.15, -0.1) is 0 Å². The highest BCUT2D eigenvalue weighted by atomic mass is 35.5. The van der Waals surface area contributed by atoms with Crippen molar-refractivity contribution in [1.29, 1.82) is 0 Å². The molecule has 0 amide bonds. The highest BCUT2D eigenvalue weighted by Crippen LogP contribution is 2.33. The standard InChI is InChI=1S/C10H13ClN4O4/c11-8-7(15(17)18)10(12-3-4-16)14-9(13-8)6-2-1-5-19-6/h6,16H,1-5H2,(H,12,13,14). The van der Waals surface area contributed by atoms with Crippen LogP contribution in [0.15, 0.2) is 0 Å². The summed E-state index contributed by atoms with van der Waals surface area (Å²) in [6.45, 7) is 0.579. The number of hydrogen-bond donors (Lipinski definition) is 2. The van der Waals surface area contributed by atoms with Gasteiger partial charge < -0.3 is 15.2 Å². The molecule has 0 spiro atoms. The monoisotopic (exact) mass is 288 g/mol. The Morgan fingerprint density at radius 1 is 1.58 bits per heavy atom. The number of nitro groups is 1. The maximum Gasteiger partial charge on any atom is 0.348 e. The van der Waals surface area contributed by atoms with Crippen LogP contribution < -0.4 is 5.32 Å². The Morgan fingerprint density at radius 3 is 2.95 bits per heavy atom. The second-order valence-electron chi connectivity index (χ2n) is 3.98. The first kappa shape index (κ1) is 13.9. The molecule has 2 N–H and O–H groups in total. The third-order valence-corrected chi connectivity index (χ3v) is 2.93. The summed E-state index contributed by atoms with van der Waals surface area (Å²) < 4.78 is 5.42. The predicted octanol–water partition coefficient (Wildman–Crippen LogP) is 1.29. The lowest BCUT2D eigenvalue weighted by Gasteiger charge is -2.11. The van der Waals surface area contributed by atoms with Crippen molar-refractivity contribution in [2.24, 2.45) is 0 Å². The summed E-state index contributed by atoms with van der Waals surface area (Å²) in [6.07, 6.45) is 1.36. The highest BCUT2D eigenvalue weighted by Gasteiger charge is 2.28. The zero-order chi connectivity index (χ0) is 13.8. The van der Waals surface area contributed by atoms with Crippen molar-refractivity contribution in [2.45, 2.75) is 18.9 Å². The van der Waals surface area contributed by atoms with Crippen LogP contribution in [0, 0.1) is 10.1 Å². The minimum atomic E-state index is -0.651. The fraction of sp³-hybridized carbons (Fsp3) is 0.600. The summed E-state index contributed by atoms with van der Waals surface area (Å²) in [4.78, 5) is 18.3. The number of anilines is 1. The number of nitrogens with one attached hydrogen (secondary N) is 1. The van der Waals surface area contributed by atoms with Gasteiger partial charge in [-0.2, -0.15) is 0 Å². The van der Waals surface area contributed by atoms with E-state index in [1.807, 2.05) is 0 Å². The molecule has 1 saturated heterocycles. The summed E-state index contributed by atoms with van der Waals surface area (Å²) in [6, 6.07) is 0. The van der Waals surface area contributed by atoms with E-state index in [2.05, 4.69) is 15.3 Å². The average Bonchev–Trinajstić information content (AvgIpc) is 2.88. The van der Waals surface area contributed by atoms with Gasteiger partial charge in [-0.25, -0.2) is 9.97 Å². The van der Waals surface area contributed by atoms with Crippen LogP contribution in [0.5, 0.6) is 0 Å². The number of hydrogen-bond acceptors (Lipinski definition) is 7. The SMILES string of the molecule is O=[N+]([O-])c1c(Cl)nc(C2CCCO2)nc1NCCO. The van der Waals surface area contributed by atoms with Gasteiger partial charge in [0, 0.05) is 13.2 Å². The summed E-state index contributed by atoms with van der Waals surface area (Å²) in [5.74, 6) is 0.332. The van der Waals surface area contributed by atoms with E-state index in [0.29, 0.717) is 12.4 Å². The Balaban J connectivity index is 2.37. The number of aromatic nitrogens is 2. The largest absolute Gasteiger partial charge is 0.395 e. The van der Waals surface area contributed by atoms with Gasteiger partial charge in [0.2, 0.25) is 11.0 Å². The molecule has 1 aliphatic rings. The molecular weight excluding hydrogens is 276 g/mol. The number of aliphatic hydroxyl groups excluding tert-OH is 1. The lowest BCUT2D eigenvalue weighted by atomic mass is 10.2. The van der Waals surface area contributed by atoms with Crippen LogP contribution in [0.3, 0.4) is 0 Å². The van der Waals surface area contributed by atoms with Gasteiger partial charge in [-0.3, -0.25) is 10.1 Å². The molecule has 0 radical (unpaired) electrons. The number of rotatable bonds is 5. The van der Waals surface area contributed by atoms with E-state index in [-0.39, 0.29) is 30.2 Å². The van der Waals surface area contributed by atoms with Crippen LogP contribution in [0.4, 0.5) is 11.5 Å². The van der Waals surface area contributed by atoms with Crippen LogP contribution >= 0.6 is 11.6 Å². The summed E-state index contributed by atoms with van der Waals surface area (Å²) in [5, 5.41) is 22.2. The molecule has 0 aliphatic carbocycles. The molecule has 1 aromatic heterocycles. The predicted molar refractivity (Wildman–Crippen MR) is 67.2 cm³/mol. The van der Waals surface area contributed by atoms with E-state index in [0.717, 1.165) is 12.8 Å². The molecule has 0 aromatic carbocycles. The summed E-state index contributed by atoms with van der Waals surface area (Å²) in [5.41, 5.74) is -0.392. The van der Waals surface area contributed by atoms with E-state index < -0.39 is 10.6 Å². The minimum absolute atomic E-state index is 0.00421. The topological polar surface area (TPSA) is 110 Å². The van der Waals surface area contributed by atoms with E-state index >= 15 is 0 Å². The third-order valence-electron chi connectivity index (χ3n) is 2.66. The lowest BCUT2D eigenvalue weighted by molar-refractivity contribution is -0.384. The fourth-order valence-electron chi connectivity index (χ4n) is 1.83. The van der Waals surface area contributed by atoms with Crippen molar-refractivity contribution < 1.29 is 14.8 Å². The van der Waals surface area contributed by atoms with Crippen molar-refractivity contribution in [2.75, 3.05) is 25.1 Å². The zero-order valence-electron chi connectivity index (χ0n) is 10.0. The Labute approximate surface area is 113 Å². The van der Waals surface area contributed by atoms with Crippen molar-refractivity contribution in [3.63, 3.8) is 0 Å². The summed E-state index contributed by atoms with van der Waals surface area (Å²) >= 11 is 5.84. The molecule has 1 atom stereocenters. The van der Waals surface area contributed by atoms with Gasteiger partial charge in [-0.1, -0.05) is 11.6 Å². The van der Waals surface area contributed by atoms with Crippen molar-refractivity contribution in [1.82, 2.24) is 9.97 Å².